The van der Waals surface area contributed by atoms with Crippen molar-refractivity contribution in [1.82, 2.24) is 0 Å². The fourth-order valence-electron chi connectivity index (χ4n) is 10.3. The van der Waals surface area contributed by atoms with Gasteiger partial charge in [-0.3, -0.25) is 19.2 Å². The van der Waals surface area contributed by atoms with Gasteiger partial charge in [0, 0.05) is 28.5 Å². The number of carbonyl (C=O) groups excluding carboxylic acids is 5. The monoisotopic (exact) mass is 1510 g/mol. The maximum Gasteiger partial charge on any atom is 0.265 e. The molecule has 0 saturated carbocycles. The minimum absolute atomic E-state index is 0.00249. The summed E-state index contributed by atoms with van der Waals surface area (Å²) in [4.78, 5) is 59.0. The number of benzene rings is 8. The van der Waals surface area contributed by atoms with Crippen LogP contribution in [0.25, 0.3) is 0 Å². The number of carbonyl (C=O) groups is 4. The molecular formula is C79H85Cl3F5N7O11. The van der Waals surface area contributed by atoms with E-state index in [1.807, 2.05) is 76.3 Å². The molecule has 0 spiro atoms. The highest BCUT2D eigenvalue weighted by molar-refractivity contribution is 6.38. The molecule has 4 amide bonds. The summed E-state index contributed by atoms with van der Waals surface area (Å²) in [5.74, 6) is -13.8. The Labute approximate surface area is 622 Å². The van der Waals surface area contributed by atoms with Gasteiger partial charge in [-0.15, -0.1) is 0 Å². The Morgan fingerprint density at radius 1 is 0.552 bits per heavy atom. The molecule has 9 N–H and O–H groups in total. The van der Waals surface area contributed by atoms with Crippen LogP contribution in [0.15, 0.2) is 121 Å². The third-order valence-electron chi connectivity index (χ3n) is 16.1. The number of rotatable bonds is 29. The molecule has 0 aliphatic rings. The highest BCUT2D eigenvalue weighted by Crippen LogP contribution is 2.41. The normalized spacial score (nSPS) is 11.4. The van der Waals surface area contributed by atoms with Gasteiger partial charge in [0.15, 0.2) is 47.3 Å². The molecule has 0 aliphatic heterocycles. The van der Waals surface area contributed by atoms with Crippen molar-refractivity contribution in [2.24, 2.45) is 0 Å². The van der Waals surface area contributed by atoms with E-state index in [1.165, 1.54) is 43.9 Å². The van der Waals surface area contributed by atoms with Crippen LogP contribution in [0.5, 0.6) is 34.5 Å². The van der Waals surface area contributed by atoms with E-state index in [4.69, 9.17) is 64.5 Å². The highest BCUT2D eigenvalue weighted by atomic mass is 35.5. The second kappa shape index (κ2) is 42.4. The lowest BCUT2D eigenvalue weighted by Gasteiger charge is -2.20. The van der Waals surface area contributed by atoms with Crippen LogP contribution in [0.4, 0.5) is 56.1 Å². The zero-order valence-corrected chi connectivity index (χ0v) is 61.8. The first kappa shape index (κ1) is 85.3. The lowest BCUT2D eigenvalue weighted by molar-refractivity contribution is -0.123. The molecule has 0 aromatic heterocycles. The van der Waals surface area contributed by atoms with Crippen molar-refractivity contribution in [1.29, 1.82) is 10.7 Å². The Morgan fingerprint density at radius 3 is 1.62 bits per heavy atom. The molecule has 0 radical (unpaired) electrons. The van der Waals surface area contributed by atoms with Gasteiger partial charge in [-0.1, -0.05) is 138 Å². The van der Waals surface area contributed by atoms with Gasteiger partial charge in [0.2, 0.25) is 11.9 Å². The second-order valence-corrected chi connectivity index (χ2v) is 25.4. The third-order valence-corrected chi connectivity index (χ3v) is 17.1. The fourth-order valence-corrected chi connectivity index (χ4v) is 11.3. The van der Waals surface area contributed by atoms with E-state index >= 15 is 0 Å². The van der Waals surface area contributed by atoms with Gasteiger partial charge in [0.05, 0.1) is 44.4 Å². The lowest BCUT2D eigenvalue weighted by Crippen LogP contribution is -2.33. The number of unbranched alkanes of at least 4 members (excludes halogenated alkanes) is 5. The van der Waals surface area contributed by atoms with Crippen molar-refractivity contribution in [2.75, 3.05) is 26.6 Å². The van der Waals surface area contributed by atoms with Gasteiger partial charge in [-0.2, -0.15) is 5.26 Å². The van der Waals surface area contributed by atoms with Crippen molar-refractivity contribution in [2.45, 2.75) is 164 Å². The van der Waals surface area contributed by atoms with Crippen LogP contribution < -0.4 is 40.8 Å². The molecule has 3 unspecified atom stereocenters. The molecule has 18 nitrogen and oxygen atoms in total. The van der Waals surface area contributed by atoms with E-state index in [-0.39, 0.29) is 44.7 Å². The average molecular weight is 1510 g/mol. The van der Waals surface area contributed by atoms with Crippen LogP contribution in [-0.4, -0.2) is 63.3 Å². The first-order valence-electron chi connectivity index (χ1n) is 33.9. The smallest absolute Gasteiger partial charge is 0.265 e. The van der Waals surface area contributed by atoms with Crippen LogP contribution in [0.3, 0.4) is 0 Å². The summed E-state index contributed by atoms with van der Waals surface area (Å²) in [5, 5.41) is 58.6. The summed E-state index contributed by atoms with van der Waals surface area (Å²) >= 11 is 18.4. The van der Waals surface area contributed by atoms with Crippen LogP contribution in [0.1, 0.15) is 155 Å². The Kier molecular flexibility index (Phi) is 34.4. The Hall–Kier alpha value is -10.4. The average Bonchev–Trinajstić information content (AvgIpc) is 0.787. The topological polar surface area (TPSA) is 282 Å². The summed E-state index contributed by atoms with van der Waals surface area (Å²) in [7, 11) is 0. The number of amides is 4. The number of aromatic hydroxyl groups is 3. The molecule has 0 aliphatic carbocycles. The molecular weight excluding hydrogens is 1420 g/mol. The molecule has 105 heavy (non-hydrogen) atoms. The zero-order valence-electron chi connectivity index (χ0n) is 59.6. The molecule has 0 bridgehead atoms. The minimum atomic E-state index is -2.43. The van der Waals surface area contributed by atoms with E-state index < -0.39 is 76.2 Å². The molecule has 0 heterocycles. The molecule has 8 rings (SSSR count). The number of hydrogen-bond donors (Lipinski definition) is 9. The molecule has 0 saturated heterocycles. The summed E-state index contributed by atoms with van der Waals surface area (Å²) < 4.78 is 85.8. The summed E-state index contributed by atoms with van der Waals surface area (Å²) in [6, 6.07) is 36.7. The van der Waals surface area contributed by atoms with E-state index in [9.17, 15) is 56.4 Å². The van der Waals surface area contributed by atoms with Crippen molar-refractivity contribution in [3.05, 3.63) is 210 Å². The molecule has 8 aromatic rings. The van der Waals surface area contributed by atoms with Crippen LogP contribution in [0, 0.1) is 66.6 Å². The Morgan fingerprint density at radius 2 is 1.09 bits per heavy atom. The zero-order chi connectivity index (χ0) is 77.6. The fraction of sp³-hybridized carbons (Fsp3) is 0.316. The molecule has 0 fully saturated rings. The third kappa shape index (κ3) is 25.2. The summed E-state index contributed by atoms with van der Waals surface area (Å²) in [6.07, 6.45) is 10.8. The number of halogens is 8. The van der Waals surface area contributed by atoms with Gasteiger partial charge in [-0.05, 0) is 185 Å². The number of nitrogens with zero attached hydrogens (tertiary/aromatic N) is 1. The van der Waals surface area contributed by atoms with Crippen molar-refractivity contribution < 1.29 is 75.5 Å². The lowest BCUT2D eigenvalue weighted by atomic mass is 10.0. The summed E-state index contributed by atoms with van der Waals surface area (Å²) in [6.45, 7) is 17.5. The summed E-state index contributed by atoms with van der Waals surface area (Å²) in [5.41, 5.74) is 6.09. The number of anilines is 6. The molecule has 3 atom stereocenters. The van der Waals surface area contributed by atoms with Gasteiger partial charge in [0.25, 0.3) is 23.6 Å². The Balaban J connectivity index is 0.000000284. The van der Waals surface area contributed by atoms with Gasteiger partial charge >= 0.3 is 0 Å². The number of phenols is 3. The van der Waals surface area contributed by atoms with Crippen molar-refractivity contribution in [3.63, 3.8) is 0 Å². The molecule has 8 aromatic carbocycles. The number of nitrogens with one attached hydrogen (secondary N) is 6. The second-order valence-electron chi connectivity index (χ2n) is 24.2. The SMILES string of the molecule is CCCCCc1ccc(OC(C)C(=O)Nc2cc(O)c(NC(=O)c3c(F)c(F)c(F)c(F)c3F)cc2Cl)c(C)c1.CCCCCc1ccc(OC(CCCC)C(=O)Nc2ccc(Nc3ccc(C#N)cc3)c(O)c2)c(C)c1.CCc1c(Cl)cc(NC(=O)C(CC)Oc2cccc(C)c2)c(O)c1Cl.N=C=O. The highest BCUT2D eigenvalue weighted by Gasteiger charge is 2.31. The van der Waals surface area contributed by atoms with Crippen molar-refractivity contribution >= 4 is 98.6 Å². The van der Waals surface area contributed by atoms with Crippen LogP contribution >= 0.6 is 34.8 Å². The number of ether oxygens (including phenoxy) is 3. The van der Waals surface area contributed by atoms with E-state index in [0.717, 1.165) is 96.8 Å². The first-order valence-corrected chi connectivity index (χ1v) is 35.1. The number of hydrogen-bond acceptors (Lipinski definition) is 14. The van der Waals surface area contributed by atoms with E-state index in [2.05, 4.69) is 60.2 Å². The molecule has 558 valence electrons. The van der Waals surface area contributed by atoms with Gasteiger partial charge in [0.1, 0.15) is 34.3 Å². The predicted molar refractivity (Wildman–Crippen MR) is 400 cm³/mol. The Bertz CT molecular complexity index is 4380. The standard InChI is InChI=1S/C31H37N3O3.C28H26ClF5N2O4.C19H21Cl2NO3.CHNO/c1-4-6-8-9-23-13-18-29(22(3)19-23)37-30(10-7-5-2)31(36)34-26-16-17-27(28(35)20-26)33-25-14-11-24(21-32)12-15-25;1-4-5-6-7-15-8-9-20(13(2)10-15)40-14(3)27(38)35-17-12-19(37)18(11-16(17)29)36-28(39)21-22(30)24(32)26(34)25(33)23(21)31;1-4-13-14(20)10-15(18(23)17(13)21)22-19(24)16(5-2)25-12-8-6-7-11(3)9-12;2-1-3/h11-20,30,33,35H,4-10H2,1-3H3,(H,34,36);8-12,14,37H,4-7H2,1-3H3,(H,35,38)(H,36,39);6-10,16,23H,4-5H2,1-3H3,(H,22,24);2H. The maximum atomic E-state index is 14.0. The predicted octanol–water partition coefficient (Wildman–Crippen LogP) is 20.3. The van der Waals surface area contributed by atoms with Crippen molar-refractivity contribution in [3.8, 4) is 40.6 Å². The van der Waals surface area contributed by atoms with Gasteiger partial charge < -0.3 is 56.1 Å². The minimum Gasteiger partial charge on any atom is -0.506 e. The largest absolute Gasteiger partial charge is 0.506 e. The molecule has 26 heteroatoms. The number of nitriles is 1. The van der Waals surface area contributed by atoms with Crippen LogP contribution in [-0.2, 0) is 38.4 Å². The number of phenolic OH excluding ortho intramolecular Hbond substituents is 3. The van der Waals surface area contributed by atoms with E-state index in [1.54, 1.807) is 48.5 Å². The quantitative estimate of drug-likeness (QED) is 0.00402. The number of isocyanates is 1. The number of aryl methyl sites for hydroxylation is 5. The van der Waals surface area contributed by atoms with Crippen LogP contribution in [0.2, 0.25) is 15.1 Å². The maximum absolute atomic E-state index is 14.0. The first-order chi connectivity index (χ1) is 50.1. The van der Waals surface area contributed by atoms with Gasteiger partial charge in [-0.25, -0.2) is 32.2 Å². The van der Waals surface area contributed by atoms with E-state index in [0.29, 0.717) is 58.3 Å².